The van der Waals surface area contributed by atoms with Crippen LogP contribution in [-0.4, -0.2) is 86.9 Å². The summed E-state index contributed by atoms with van der Waals surface area (Å²) in [5.41, 5.74) is 0. The molecule has 0 heterocycles. The standard InChI is InChI=1S/C11H16O5.C10H16O3.C9H17NO3S.C9H17O5P/c12-9(7-4-2-1-3-5-7)6-8(10(13)14)11(15)16;11-9(6-7-10(12)13)8-4-2-1-3-5-8;10-14(12,13)7-6-9(11)8-4-2-1-3-5-8;10-9(6-7-14-15(11,12)13)8-4-2-1-3-5-8/h7-8H,1-6H2,(H,13,14)(H,15,16);8H,1-7H2,(H,12,13);8H,1-7H2,(H2,10,12,13);8H,1-7H2,(H2,11,12,13). The van der Waals surface area contributed by atoms with Crippen molar-refractivity contribution in [2.75, 3.05) is 12.4 Å². The van der Waals surface area contributed by atoms with Gasteiger partial charge in [0.05, 0.1) is 18.8 Å². The quantitative estimate of drug-likeness (QED) is 0.0704. The van der Waals surface area contributed by atoms with Gasteiger partial charge in [-0.05, 0) is 51.4 Å². The Morgan fingerprint density at radius 2 is 0.862 bits per heavy atom. The molecule has 19 heteroatoms. The van der Waals surface area contributed by atoms with E-state index in [4.69, 9.17) is 30.2 Å². The van der Waals surface area contributed by atoms with E-state index < -0.39 is 41.7 Å². The van der Waals surface area contributed by atoms with E-state index in [0.717, 1.165) is 109 Å². The Balaban J connectivity index is 0.000000388. The second kappa shape index (κ2) is 28.6. The van der Waals surface area contributed by atoms with Crippen LogP contribution in [0.4, 0.5) is 0 Å². The highest BCUT2D eigenvalue weighted by Gasteiger charge is 2.32. The number of carboxylic acid groups (broad SMARTS) is 3. The zero-order valence-electron chi connectivity index (χ0n) is 33.6. The van der Waals surface area contributed by atoms with E-state index in [1.165, 1.54) is 19.3 Å². The Morgan fingerprint density at radius 1 is 0.534 bits per heavy atom. The van der Waals surface area contributed by atoms with Crippen LogP contribution in [0.1, 0.15) is 161 Å². The smallest absolute Gasteiger partial charge is 0.469 e. The molecule has 0 atom stereocenters. The summed E-state index contributed by atoms with van der Waals surface area (Å²) in [5, 5.41) is 30.6. The summed E-state index contributed by atoms with van der Waals surface area (Å²) in [6.07, 6.45) is 20.4. The van der Waals surface area contributed by atoms with E-state index in [0.29, 0.717) is 0 Å². The molecular weight excluding hydrogens is 801 g/mol. The lowest BCUT2D eigenvalue weighted by Crippen LogP contribution is -2.29. The second-order valence-electron chi connectivity index (χ2n) is 15.7. The van der Waals surface area contributed by atoms with E-state index in [-0.39, 0.29) is 91.3 Å². The molecule has 0 amide bonds. The first-order valence-electron chi connectivity index (χ1n) is 20.7. The van der Waals surface area contributed by atoms with Crippen LogP contribution in [0, 0.1) is 29.6 Å². The van der Waals surface area contributed by atoms with Gasteiger partial charge >= 0.3 is 25.7 Å². The van der Waals surface area contributed by atoms with Crippen molar-refractivity contribution in [2.45, 2.75) is 161 Å². The molecule has 4 aliphatic rings. The van der Waals surface area contributed by atoms with E-state index >= 15 is 0 Å². The third-order valence-electron chi connectivity index (χ3n) is 11.1. The van der Waals surface area contributed by atoms with Gasteiger partial charge in [0, 0.05) is 49.4 Å². The number of aliphatic carboxylic acids is 3. The highest BCUT2D eigenvalue weighted by Crippen LogP contribution is 2.36. The number of hydrogen-bond donors (Lipinski definition) is 6. The maximum absolute atomic E-state index is 11.7. The first kappa shape index (κ1) is 53.1. The number of ketones is 4. The summed E-state index contributed by atoms with van der Waals surface area (Å²) in [7, 11) is -7.89. The molecule has 4 fully saturated rings. The van der Waals surface area contributed by atoms with Gasteiger partial charge in [0.2, 0.25) is 10.0 Å². The number of carbonyl (C=O) groups is 7. The highest BCUT2D eigenvalue weighted by molar-refractivity contribution is 7.89. The average molecular weight is 868 g/mol. The number of nitrogens with two attached hydrogens (primary N) is 1. The van der Waals surface area contributed by atoms with Crippen molar-refractivity contribution in [3.63, 3.8) is 0 Å². The van der Waals surface area contributed by atoms with Crippen molar-refractivity contribution >= 4 is 58.9 Å². The fourth-order valence-electron chi connectivity index (χ4n) is 7.70. The van der Waals surface area contributed by atoms with Crippen LogP contribution in [-0.2, 0) is 52.7 Å². The van der Waals surface area contributed by atoms with Crippen molar-refractivity contribution in [3.05, 3.63) is 0 Å². The summed E-state index contributed by atoms with van der Waals surface area (Å²) in [6, 6.07) is 0. The number of hydrogen-bond acceptors (Lipinski definition) is 11. The minimum Gasteiger partial charge on any atom is -0.481 e. The largest absolute Gasteiger partial charge is 0.481 e. The Hall–Kier alpha value is -2.89. The molecule has 0 bridgehead atoms. The Labute approximate surface area is 341 Å². The van der Waals surface area contributed by atoms with Gasteiger partial charge in [-0.2, -0.15) is 0 Å². The molecular formula is C39H66NO16PS. The average Bonchev–Trinajstić information content (AvgIpc) is 3.19. The maximum atomic E-state index is 11.7. The van der Waals surface area contributed by atoms with E-state index in [9.17, 15) is 46.5 Å². The molecule has 0 spiro atoms. The molecule has 4 saturated carbocycles. The summed E-state index contributed by atoms with van der Waals surface area (Å²) in [6.45, 7) is -0.181. The summed E-state index contributed by atoms with van der Waals surface area (Å²) in [4.78, 5) is 94.5. The van der Waals surface area contributed by atoms with Gasteiger partial charge in [0.15, 0.2) is 5.92 Å². The minimum atomic E-state index is -4.41. The van der Waals surface area contributed by atoms with E-state index in [1.807, 2.05) is 0 Å². The molecule has 0 radical (unpaired) electrons. The van der Waals surface area contributed by atoms with Crippen molar-refractivity contribution in [3.8, 4) is 0 Å². The molecule has 4 rings (SSSR count). The topological polar surface area (TPSA) is 307 Å². The van der Waals surface area contributed by atoms with Crippen molar-refractivity contribution < 1.29 is 76.2 Å². The molecule has 58 heavy (non-hydrogen) atoms. The molecule has 4 aliphatic carbocycles. The lowest BCUT2D eigenvalue weighted by Gasteiger charge is -2.20. The van der Waals surface area contributed by atoms with Gasteiger partial charge in [-0.1, -0.05) is 77.0 Å². The predicted molar refractivity (Wildman–Crippen MR) is 212 cm³/mol. The molecule has 7 N–H and O–H groups in total. The Kier molecular flexibility index (Phi) is 26.2. The number of primary sulfonamides is 1. The van der Waals surface area contributed by atoms with Crippen molar-refractivity contribution in [2.24, 2.45) is 34.7 Å². The summed E-state index contributed by atoms with van der Waals surface area (Å²) in [5.74, 6) is -5.25. The van der Waals surface area contributed by atoms with Crippen LogP contribution in [0.2, 0.25) is 0 Å². The van der Waals surface area contributed by atoms with Crippen LogP contribution in [0.25, 0.3) is 0 Å². The molecule has 0 saturated heterocycles. The molecule has 17 nitrogen and oxygen atoms in total. The summed E-state index contributed by atoms with van der Waals surface area (Å²) < 4.78 is 35.9. The zero-order valence-corrected chi connectivity index (χ0v) is 35.3. The number of carboxylic acids is 3. The number of phosphoric ester groups is 1. The van der Waals surface area contributed by atoms with Crippen molar-refractivity contribution in [1.29, 1.82) is 0 Å². The SMILES string of the molecule is NS(=O)(=O)CCC(=O)C1CCCCC1.O=C(CC(C(=O)O)C(=O)O)C1CCCCC1.O=C(CCOP(=O)(O)O)C1CCCCC1.O=C(O)CCC(=O)C1CCCCC1. The monoisotopic (exact) mass is 867 g/mol. The lowest BCUT2D eigenvalue weighted by molar-refractivity contribution is -0.156. The fraction of sp³-hybridized carbons (Fsp3) is 0.821. The molecule has 0 aromatic heterocycles. The number of rotatable bonds is 18. The minimum absolute atomic E-state index is 0.00463. The van der Waals surface area contributed by atoms with Crippen LogP contribution < -0.4 is 5.14 Å². The van der Waals surface area contributed by atoms with Gasteiger partial charge < -0.3 is 25.1 Å². The zero-order chi connectivity index (χ0) is 43.7. The summed E-state index contributed by atoms with van der Waals surface area (Å²) >= 11 is 0. The molecule has 0 aromatic carbocycles. The third kappa shape index (κ3) is 25.6. The van der Waals surface area contributed by atoms with E-state index in [1.54, 1.807) is 0 Å². The molecule has 0 aliphatic heterocycles. The first-order chi connectivity index (χ1) is 27.2. The highest BCUT2D eigenvalue weighted by atomic mass is 32.2. The van der Waals surface area contributed by atoms with Gasteiger partial charge in [-0.15, -0.1) is 0 Å². The van der Waals surface area contributed by atoms with Gasteiger partial charge in [-0.3, -0.25) is 38.1 Å². The Bertz CT molecular complexity index is 1460. The van der Waals surface area contributed by atoms with Gasteiger partial charge in [0.1, 0.15) is 23.1 Å². The predicted octanol–water partition coefficient (Wildman–Crippen LogP) is 5.76. The number of phosphoric acid groups is 1. The van der Waals surface area contributed by atoms with Crippen LogP contribution >= 0.6 is 7.82 Å². The molecule has 334 valence electrons. The molecule has 0 unspecified atom stereocenters. The van der Waals surface area contributed by atoms with Crippen molar-refractivity contribution in [1.82, 2.24) is 0 Å². The normalized spacial score (nSPS) is 18.6. The van der Waals surface area contributed by atoms with Gasteiger partial charge in [-0.25, -0.2) is 18.1 Å². The first-order valence-corrected chi connectivity index (χ1v) is 23.9. The number of Topliss-reactive ketones (excluding diaryl/α,β-unsaturated/α-hetero) is 4. The number of sulfonamides is 1. The van der Waals surface area contributed by atoms with Crippen LogP contribution in [0.5, 0.6) is 0 Å². The maximum Gasteiger partial charge on any atom is 0.469 e. The molecule has 0 aromatic rings. The Morgan fingerprint density at radius 3 is 1.17 bits per heavy atom. The fourth-order valence-corrected chi connectivity index (χ4v) is 8.51. The lowest BCUT2D eigenvalue weighted by atomic mass is 9.83. The van der Waals surface area contributed by atoms with E-state index in [2.05, 4.69) is 4.52 Å². The van der Waals surface area contributed by atoms with Crippen LogP contribution in [0.3, 0.4) is 0 Å². The number of carbonyl (C=O) groups excluding carboxylic acids is 4. The van der Waals surface area contributed by atoms with Crippen LogP contribution in [0.15, 0.2) is 0 Å². The second-order valence-corrected chi connectivity index (χ2v) is 18.7. The van der Waals surface area contributed by atoms with Gasteiger partial charge in [0.25, 0.3) is 0 Å². The third-order valence-corrected chi connectivity index (χ3v) is 12.4.